The van der Waals surface area contributed by atoms with Crippen molar-refractivity contribution in [2.45, 2.75) is 12.2 Å². The number of epoxide rings is 1. The molecule has 0 radical (unpaired) electrons. The first-order valence-corrected chi connectivity index (χ1v) is 4.78. The van der Waals surface area contributed by atoms with Crippen molar-refractivity contribution < 1.29 is 14.6 Å². The highest BCUT2D eigenvalue weighted by Crippen LogP contribution is 2.14. The molecule has 1 heterocycles. The summed E-state index contributed by atoms with van der Waals surface area (Å²) in [5.41, 5.74) is 0.893. The second-order valence-electron chi connectivity index (χ2n) is 3.42. The molecule has 2 unspecified atom stereocenters. The van der Waals surface area contributed by atoms with Crippen LogP contribution in [0.3, 0.4) is 0 Å². The number of aliphatic hydroxyl groups excluding tert-OH is 1. The normalized spacial score (nSPS) is 21.9. The summed E-state index contributed by atoms with van der Waals surface area (Å²) in [6.07, 6.45) is -0.270. The highest BCUT2D eigenvalue weighted by Gasteiger charge is 2.22. The average molecular weight is 194 g/mol. The largest absolute Gasteiger partial charge is 0.386 e. The number of ether oxygens (including phenoxy) is 2. The van der Waals surface area contributed by atoms with E-state index in [2.05, 4.69) is 0 Å². The van der Waals surface area contributed by atoms with Crippen molar-refractivity contribution in [2.24, 2.45) is 0 Å². The molecule has 76 valence electrons. The number of hydrogen-bond acceptors (Lipinski definition) is 3. The fourth-order valence-electron chi connectivity index (χ4n) is 1.25. The Labute approximate surface area is 83.3 Å². The number of aliphatic hydroxyl groups is 1. The van der Waals surface area contributed by atoms with E-state index >= 15 is 0 Å². The van der Waals surface area contributed by atoms with Crippen molar-refractivity contribution in [3.05, 3.63) is 35.9 Å². The number of hydrogen-bond donors (Lipinski definition) is 1. The summed E-state index contributed by atoms with van der Waals surface area (Å²) >= 11 is 0. The highest BCUT2D eigenvalue weighted by molar-refractivity contribution is 5.17. The van der Waals surface area contributed by atoms with E-state index in [4.69, 9.17) is 9.47 Å². The summed E-state index contributed by atoms with van der Waals surface area (Å²) in [5, 5.41) is 9.69. The molecule has 2 rings (SSSR count). The van der Waals surface area contributed by atoms with Crippen molar-refractivity contribution >= 4 is 0 Å². The molecule has 0 aliphatic carbocycles. The Bertz CT molecular complexity index is 269. The van der Waals surface area contributed by atoms with E-state index < -0.39 is 6.10 Å². The maximum atomic E-state index is 9.69. The van der Waals surface area contributed by atoms with Crippen LogP contribution in [0.5, 0.6) is 0 Å². The molecule has 1 aromatic rings. The van der Waals surface area contributed by atoms with Gasteiger partial charge in [0.25, 0.3) is 0 Å². The van der Waals surface area contributed by atoms with E-state index in [1.54, 1.807) is 0 Å². The van der Waals surface area contributed by atoms with Crippen LogP contribution in [-0.4, -0.2) is 31.0 Å². The predicted octanol–water partition coefficient (Wildman–Crippen LogP) is 1.14. The molecule has 1 fully saturated rings. The van der Waals surface area contributed by atoms with Crippen LogP contribution in [0, 0.1) is 0 Å². The molecule has 1 aliphatic heterocycles. The molecule has 3 heteroatoms. The van der Waals surface area contributed by atoms with E-state index in [0.717, 1.165) is 12.2 Å². The van der Waals surface area contributed by atoms with Crippen LogP contribution in [0.25, 0.3) is 0 Å². The average Bonchev–Trinajstić information content (AvgIpc) is 3.03. The third kappa shape index (κ3) is 2.80. The molecule has 0 aromatic heterocycles. The van der Waals surface area contributed by atoms with Crippen molar-refractivity contribution in [2.75, 3.05) is 19.8 Å². The Kier molecular flexibility index (Phi) is 3.14. The van der Waals surface area contributed by atoms with Crippen molar-refractivity contribution in [3.8, 4) is 0 Å². The lowest BCUT2D eigenvalue weighted by molar-refractivity contribution is 0.0296. The molecule has 1 aliphatic rings. The van der Waals surface area contributed by atoms with Crippen LogP contribution >= 0.6 is 0 Å². The molecule has 0 amide bonds. The Balaban J connectivity index is 1.74. The SMILES string of the molecule is OC(COCC1CO1)c1ccccc1. The Hall–Kier alpha value is -0.900. The van der Waals surface area contributed by atoms with Gasteiger partial charge in [-0.15, -0.1) is 0 Å². The fourth-order valence-corrected chi connectivity index (χ4v) is 1.25. The van der Waals surface area contributed by atoms with Gasteiger partial charge in [0.05, 0.1) is 19.8 Å². The zero-order valence-corrected chi connectivity index (χ0v) is 7.93. The van der Waals surface area contributed by atoms with Crippen LogP contribution in [0.2, 0.25) is 0 Å². The second kappa shape index (κ2) is 4.55. The molecular formula is C11H14O3. The van der Waals surface area contributed by atoms with Gasteiger partial charge in [-0.1, -0.05) is 30.3 Å². The first-order chi connectivity index (χ1) is 6.86. The molecule has 0 spiro atoms. The summed E-state index contributed by atoms with van der Waals surface area (Å²) in [7, 11) is 0. The Morgan fingerprint density at radius 3 is 2.79 bits per heavy atom. The van der Waals surface area contributed by atoms with E-state index in [1.165, 1.54) is 0 Å². The summed E-state index contributed by atoms with van der Waals surface area (Å²) in [6, 6.07) is 9.52. The topological polar surface area (TPSA) is 42.0 Å². The smallest absolute Gasteiger partial charge is 0.104 e. The van der Waals surface area contributed by atoms with Crippen molar-refractivity contribution in [1.82, 2.24) is 0 Å². The fraction of sp³-hybridized carbons (Fsp3) is 0.455. The Morgan fingerprint density at radius 2 is 2.14 bits per heavy atom. The first kappa shape index (κ1) is 9.65. The third-order valence-corrected chi connectivity index (χ3v) is 2.17. The van der Waals surface area contributed by atoms with E-state index in [1.807, 2.05) is 30.3 Å². The maximum absolute atomic E-state index is 9.69. The first-order valence-electron chi connectivity index (χ1n) is 4.78. The molecule has 1 aromatic carbocycles. The number of rotatable bonds is 5. The standard InChI is InChI=1S/C11H14O3/c12-11(8-13-6-10-7-14-10)9-4-2-1-3-5-9/h1-5,10-12H,6-8H2. The van der Waals surface area contributed by atoms with Gasteiger partial charge in [0.2, 0.25) is 0 Å². The lowest BCUT2D eigenvalue weighted by Gasteiger charge is -2.10. The summed E-state index contributed by atoms with van der Waals surface area (Å²) in [6.45, 7) is 1.72. The van der Waals surface area contributed by atoms with Crippen LogP contribution in [0.1, 0.15) is 11.7 Å². The van der Waals surface area contributed by atoms with Gasteiger partial charge >= 0.3 is 0 Å². The van der Waals surface area contributed by atoms with Gasteiger partial charge in [0.15, 0.2) is 0 Å². The van der Waals surface area contributed by atoms with Gasteiger partial charge in [-0.2, -0.15) is 0 Å². The van der Waals surface area contributed by atoms with Gasteiger partial charge in [-0.25, -0.2) is 0 Å². The Morgan fingerprint density at radius 1 is 1.43 bits per heavy atom. The molecule has 1 N–H and O–H groups in total. The molecule has 3 nitrogen and oxygen atoms in total. The van der Waals surface area contributed by atoms with Crippen LogP contribution in [-0.2, 0) is 9.47 Å². The lowest BCUT2D eigenvalue weighted by atomic mass is 10.1. The molecule has 2 atom stereocenters. The van der Waals surface area contributed by atoms with Crippen molar-refractivity contribution in [3.63, 3.8) is 0 Å². The van der Waals surface area contributed by atoms with Crippen LogP contribution in [0.4, 0.5) is 0 Å². The highest BCUT2D eigenvalue weighted by atomic mass is 16.6. The molecule has 0 saturated carbocycles. The molecule has 1 saturated heterocycles. The molecular weight excluding hydrogens is 180 g/mol. The monoisotopic (exact) mass is 194 g/mol. The van der Waals surface area contributed by atoms with E-state index in [-0.39, 0.29) is 6.10 Å². The zero-order valence-electron chi connectivity index (χ0n) is 7.93. The third-order valence-electron chi connectivity index (χ3n) is 2.17. The van der Waals surface area contributed by atoms with Gasteiger partial charge < -0.3 is 14.6 Å². The number of benzene rings is 1. The summed E-state index contributed by atoms with van der Waals surface area (Å²) in [5.74, 6) is 0. The van der Waals surface area contributed by atoms with Gasteiger partial charge in [-0.05, 0) is 5.56 Å². The minimum Gasteiger partial charge on any atom is -0.386 e. The van der Waals surface area contributed by atoms with Crippen LogP contribution in [0.15, 0.2) is 30.3 Å². The van der Waals surface area contributed by atoms with E-state index in [0.29, 0.717) is 13.2 Å². The molecule has 14 heavy (non-hydrogen) atoms. The maximum Gasteiger partial charge on any atom is 0.104 e. The van der Waals surface area contributed by atoms with E-state index in [9.17, 15) is 5.11 Å². The summed E-state index contributed by atoms with van der Waals surface area (Å²) in [4.78, 5) is 0. The van der Waals surface area contributed by atoms with Gasteiger partial charge in [-0.3, -0.25) is 0 Å². The summed E-state index contributed by atoms with van der Waals surface area (Å²) < 4.78 is 10.3. The van der Waals surface area contributed by atoms with Crippen molar-refractivity contribution in [1.29, 1.82) is 0 Å². The lowest BCUT2D eigenvalue weighted by Crippen LogP contribution is -2.10. The van der Waals surface area contributed by atoms with Gasteiger partial charge in [0, 0.05) is 0 Å². The molecule has 0 bridgehead atoms. The zero-order chi connectivity index (χ0) is 9.80. The minimum atomic E-state index is -0.532. The van der Waals surface area contributed by atoms with Gasteiger partial charge in [0.1, 0.15) is 12.2 Å². The van der Waals surface area contributed by atoms with Crippen LogP contribution < -0.4 is 0 Å². The minimum absolute atomic E-state index is 0.262. The predicted molar refractivity (Wildman–Crippen MR) is 52.0 cm³/mol. The quantitative estimate of drug-likeness (QED) is 0.714. The second-order valence-corrected chi connectivity index (χ2v) is 3.42.